The van der Waals surface area contributed by atoms with E-state index < -0.39 is 5.41 Å². The van der Waals surface area contributed by atoms with Gasteiger partial charge in [-0.05, 0) is 67.3 Å². The minimum Gasteiger partial charge on any atom is -0.325 e. The SMILES string of the molecule is Cc1ccc(NC(=O)Nc2ccccc2)cc1NC(=O)C1(c2ccc(Br)cc2)CC1. The van der Waals surface area contributed by atoms with Gasteiger partial charge in [0.15, 0.2) is 0 Å². The molecule has 0 unspecified atom stereocenters. The molecule has 30 heavy (non-hydrogen) atoms. The van der Waals surface area contributed by atoms with Crippen LogP contribution in [0.15, 0.2) is 77.3 Å². The fourth-order valence-corrected chi connectivity index (χ4v) is 3.70. The van der Waals surface area contributed by atoms with Gasteiger partial charge >= 0.3 is 6.03 Å². The largest absolute Gasteiger partial charge is 0.325 e. The second kappa shape index (κ2) is 8.32. The molecule has 1 aliphatic rings. The van der Waals surface area contributed by atoms with Crippen molar-refractivity contribution in [2.75, 3.05) is 16.0 Å². The van der Waals surface area contributed by atoms with E-state index in [9.17, 15) is 9.59 Å². The maximum absolute atomic E-state index is 13.1. The number of amides is 3. The van der Waals surface area contributed by atoms with Crippen LogP contribution in [0.5, 0.6) is 0 Å². The van der Waals surface area contributed by atoms with E-state index in [0.717, 1.165) is 28.4 Å². The highest BCUT2D eigenvalue weighted by Crippen LogP contribution is 2.49. The average molecular weight is 464 g/mol. The Morgan fingerprint density at radius 1 is 0.833 bits per heavy atom. The molecule has 0 aliphatic heterocycles. The fourth-order valence-electron chi connectivity index (χ4n) is 3.43. The minimum atomic E-state index is -0.471. The third-order valence-corrected chi connectivity index (χ3v) is 5.89. The van der Waals surface area contributed by atoms with Crippen LogP contribution in [0.1, 0.15) is 24.0 Å². The lowest BCUT2D eigenvalue weighted by atomic mass is 9.95. The first kappa shape index (κ1) is 20.2. The monoisotopic (exact) mass is 463 g/mol. The lowest BCUT2D eigenvalue weighted by Gasteiger charge is -2.18. The molecule has 3 aromatic carbocycles. The summed E-state index contributed by atoms with van der Waals surface area (Å²) in [6, 6.07) is 22.3. The molecule has 0 spiro atoms. The Balaban J connectivity index is 1.46. The number of carbonyl (C=O) groups excluding carboxylic acids is 2. The van der Waals surface area contributed by atoms with E-state index in [-0.39, 0.29) is 11.9 Å². The van der Waals surface area contributed by atoms with Crippen LogP contribution in [0.25, 0.3) is 0 Å². The Labute approximate surface area is 184 Å². The van der Waals surface area contributed by atoms with Crippen LogP contribution < -0.4 is 16.0 Å². The lowest BCUT2D eigenvalue weighted by molar-refractivity contribution is -0.118. The molecule has 4 rings (SSSR count). The molecular formula is C24H22BrN3O2. The number of benzene rings is 3. The molecule has 1 saturated carbocycles. The number of urea groups is 1. The molecule has 0 atom stereocenters. The second-order valence-corrected chi connectivity index (χ2v) is 8.43. The quantitative estimate of drug-likeness (QED) is 0.429. The van der Waals surface area contributed by atoms with Crippen LogP contribution in [0, 0.1) is 6.92 Å². The summed E-state index contributed by atoms with van der Waals surface area (Å²) in [6.45, 7) is 1.93. The number of anilines is 3. The van der Waals surface area contributed by atoms with Crippen molar-refractivity contribution in [1.82, 2.24) is 0 Å². The molecule has 3 N–H and O–H groups in total. The first-order chi connectivity index (χ1) is 14.5. The summed E-state index contributed by atoms with van der Waals surface area (Å²) in [5, 5.41) is 8.67. The third-order valence-electron chi connectivity index (χ3n) is 5.36. The van der Waals surface area contributed by atoms with Crippen molar-refractivity contribution in [3.05, 3.63) is 88.4 Å². The van der Waals surface area contributed by atoms with E-state index in [1.165, 1.54) is 0 Å². The van der Waals surface area contributed by atoms with Crippen molar-refractivity contribution in [2.45, 2.75) is 25.2 Å². The molecule has 0 heterocycles. The first-order valence-corrected chi connectivity index (χ1v) is 10.6. The Morgan fingerprint density at radius 2 is 1.50 bits per heavy atom. The zero-order valence-electron chi connectivity index (χ0n) is 16.5. The second-order valence-electron chi connectivity index (χ2n) is 7.52. The normalized spacial score (nSPS) is 13.9. The lowest BCUT2D eigenvalue weighted by Crippen LogP contribution is -2.28. The summed E-state index contributed by atoms with van der Waals surface area (Å²) in [5.41, 5.74) is 3.50. The predicted octanol–water partition coefficient (Wildman–Crippen LogP) is 6.07. The van der Waals surface area contributed by atoms with Gasteiger partial charge in [-0.15, -0.1) is 0 Å². The van der Waals surface area contributed by atoms with Crippen molar-refractivity contribution in [1.29, 1.82) is 0 Å². The van der Waals surface area contributed by atoms with Crippen molar-refractivity contribution < 1.29 is 9.59 Å². The van der Waals surface area contributed by atoms with Crippen LogP contribution in [0.3, 0.4) is 0 Å². The van der Waals surface area contributed by atoms with Gasteiger partial charge in [0.25, 0.3) is 0 Å². The molecule has 0 aromatic heterocycles. The minimum absolute atomic E-state index is 0.0150. The summed E-state index contributed by atoms with van der Waals surface area (Å²) in [4.78, 5) is 25.4. The summed E-state index contributed by atoms with van der Waals surface area (Å²) < 4.78 is 0.992. The van der Waals surface area contributed by atoms with Gasteiger partial charge in [0.05, 0.1) is 5.41 Å². The van der Waals surface area contributed by atoms with Crippen LogP contribution in [-0.4, -0.2) is 11.9 Å². The van der Waals surface area contributed by atoms with E-state index in [2.05, 4.69) is 31.9 Å². The van der Waals surface area contributed by atoms with Crippen LogP contribution in [0.4, 0.5) is 21.9 Å². The third kappa shape index (κ3) is 4.39. The van der Waals surface area contributed by atoms with Gasteiger partial charge in [-0.3, -0.25) is 4.79 Å². The first-order valence-electron chi connectivity index (χ1n) is 9.77. The van der Waals surface area contributed by atoms with Crippen molar-refractivity contribution in [2.24, 2.45) is 0 Å². The average Bonchev–Trinajstić information content (AvgIpc) is 3.54. The van der Waals surface area contributed by atoms with Crippen molar-refractivity contribution >= 4 is 44.9 Å². The Bertz CT molecular complexity index is 1080. The molecule has 1 aliphatic carbocycles. The predicted molar refractivity (Wildman–Crippen MR) is 124 cm³/mol. The number of aryl methyl sites for hydroxylation is 1. The number of rotatable bonds is 5. The highest BCUT2D eigenvalue weighted by Gasteiger charge is 2.51. The van der Waals surface area contributed by atoms with Crippen molar-refractivity contribution in [3.63, 3.8) is 0 Å². The molecule has 6 heteroatoms. The maximum Gasteiger partial charge on any atom is 0.323 e. The smallest absolute Gasteiger partial charge is 0.323 e. The van der Waals surface area contributed by atoms with Crippen LogP contribution in [-0.2, 0) is 10.2 Å². The Morgan fingerprint density at radius 3 is 2.17 bits per heavy atom. The molecule has 5 nitrogen and oxygen atoms in total. The van der Waals surface area contributed by atoms with Gasteiger partial charge < -0.3 is 16.0 Å². The summed E-state index contributed by atoms with van der Waals surface area (Å²) in [5.74, 6) is -0.0150. The summed E-state index contributed by atoms with van der Waals surface area (Å²) in [7, 11) is 0. The topological polar surface area (TPSA) is 70.2 Å². The molecule has 3 aromatic rings. The fraction of sp³-hybridized carbons (Fsp3) is 0.167. The highest BCUT2D eigenvalue weighted by atomic mass is 79.9. The standard InChI is InChI=1S/C24H22BrN3O2/c1-16-7-12-20(27-23(30)26-19-5-3-2-4-6-19)15-21(16)28-22(29)24(13-14-24)17-8-10-18(25)11-9-17/h2-12,15H,13-14H2,1H3,(H,28,29)(H2,26,27,30). The van der Waals surface area contributed by atoms with Gasteiger partial charge in [0.1, 0.15) is 0 Å². The zero-order valence-corrected chi connectivity index (χ0v) is 18.1. The molecule has 0 saturated heterocycles. The van der Waals surface area contributed by atoms with E-state index >= 15 is 0 Å². The van der Waals surface area contributed by atoms with Gasteiger partial charge in [-0.2, -0.15) is 0 Å². The molecule has 0 bridgehead atoms. The van der Waals surface area contributed by atoms with Gasteiger partial charge in [0.2, 0.25) is 5.91 Å². The van der Waals surface area contributed by atoms with E-state index in [4.69, 9.17) is 0 Å². The van der Waals surface area contributed by atoms with E-state index in [1.807, 2.05) is 73.7 Å². The number of carbonyl (C=O) groups is 2. The van der Waals surface area contributed by atoms with Crippen molar-refractivity contribution in [3.8, 4) is 0 Å². The Kier molecular flexibility index (Phi) is 5.59. The number of nitrogens with one attached hydrogen (secondary N) is 3. The molecule has 1 fully saturated rings. The number of hydrogen-bond donors (Lipinski definition) is 3. The van der Waals surface area contributed by atoms with Crippen LogP contribution >= 0.6 is 15.9 Å². The van der Waals surface area contributed by atoms with E-state index in [0.29, 0.717) is 17.1 Å². The summed E-state index contributed by atoms with van der Waals surface area (Å²) in [6.07, 6.45) is 1.66. The number of halogens is 1. The number of hydrogen-bond acceptors (Lipinski definition) is 2. The van der Waals surface area contributed by atoms with Gasteiger partial charge in [-0.1, -0.05) is 52.3 Å². The summed E-state index contributed by atoms with van der Waals surface area (Å²) >= 11 is 3.44. The van der Waals surface area contributed by atoms with Gasteiger partial charge in [-0.25, -0.2) is 4.79 Å². The number of para-hydroxylation sites is 1. The molecular weight excluding hydrogens is 442 g/mol. The zero-order chi connectivity index (χ0) is 21.1. The maximum atomic E-state index is 13.1. The highest BCUT2D eigenvalue weighted by molar-refractivity contribution is 9.10. The molecule has 3 amide bonds. The molecule has 152 valence electrons. The van der Waals surface area contributed by atoms with E-state index in [1.54, 1.807) is 6.07 Å². The van der Waals surface area contributed by atoms with Crippen LogP contribution in [0.2, 0.25) is 0 Å². The Hall–Kier alpha value is -3.12. The molecule has 0 radical (unpaired) electrons. The van der Waals surface area contributed by atoms with Gasteiger partial charge in [0, 0.05) is 21.5 Å².